The number of carbonyl (C=O) groups is 2. The van der Waals surface area contributed by atoms with Crippen LogP contribution in [0.15, 0.2) is 42.5 Å². The number of carbonyl (C=O) groups excluding carboxylic acids is 2. The fourth-order valence-electron chi connectivity index (χ4n) is 4.18. The lowest BCUT2D eigenvalue weighted by molar-refractivity contribution is -0.141. The van der Waals surface area contributed by atoms with Gasteiger partial charge in [0.05, 0.1) is 11.9 Å². The maximum Gasteiger partial charge on any atom is 0.242 e. The van der Waals surface area contributed by atoms with Crippen molar-refractivity contribution in [2.24, 2.45) is 0 Å². The van der Waals surface area contributed by atoms with E-state index in [0.29, 0.717) is 34.3 Å². The number of benzene rings is 2. The lowest BCUT2D eigenvalue weighted by Crippen LogP contribution is -2.49. The van der Waals surface area contributed by atoms with E-state index in [2.05, 4.69) is 5.32 Å². The molecule has 0 saturated carbocycles. The molecule has 0 aliphatic carbocycles. The zero-order chi connectivity index (χ0) is 28.3. The summed E-state index contributed by atoms with van der Waals surface area (Å²) >= 11 is 12.8. The standard InChI is InChI=1S/C28H39Cl2N3O4S/c1-5-8-18-31-28(35)26(7-3)32(20-23-24(29)11-9-12-25(23)30)27(34)13-10-19-33(38(4,36)37)22-16-14-21(6-2)15-17-22/h9,11-12,14-17,26H,5-8,10,13,18-20H2,1-4H3,(H,31,35)/t26-/m1/s1. The van der Waals surface area contributed by atoms with Crippen molar-refractivity contribution in [2.75, 3.05) is 23.7 Å². The summed E-state index contributed by atoms with van der Waals surface area (Å²) in [5.74, 6) is -0.500. The van der Waals surface area contributed by atoms with Crippen LogP contribution in [0.5, 0.6) is 0 Å². The molecule has 0 spiro atoms. The van der Waals surface area contributed by atoms with E-state index >= 15 is 0 Å². The van der Waals surface area contributed by atoms with Crippen LogP contribution in [0.25, 0.3) is 0 Å². The zero-order valence-corrected chi connectivity index (χ0v) is 25.0. The Morgan fingerprint density at radius 2 is 1.61 bits per heavy atom. The third-order valence-electron chi connectivity index (χ3n) is 6.39. The Hall–Kier alpha value is -2.29. The van der Waals surface area contributed by atoms with E-state index in [9.17, 15) is 18.0 Å². The topological polar surface area (TPSA) is 86.8 Å². The monoisotopic (exact) mass is 583 g/mol. The second kappa shape index (κ2) is 15.3. The quantitative estimate of drug-likeness (QED) is 0.267. The van der Waals surface area contributed by atoms with E-state index in [1.165, 1.54) is 9.21 Å². The second-order valence-corrected chi connectivity index (χ2v) is 12.0. The number of unbranched alkanes of at least 4 members (excludes halogenated alkanes) is 1. The zero-order valence-electron chi connectivity index (χ0n) is 22.7. The van der Waals surface area contributed by atoms with Gasteiger partial charge >= 0.3 is 0 Å². The molecule has 0 aromatic heterocycles. The highest BCUT2D eigenvalue weighted by molar-refractivity contribution is 7.92. The summed E-state index contributed by atoms with van der Waals surface area (Å²) in [6, 6.07) is 11.8. The number of anilines is 1. The number of rotatable bonds is 15. The minimum absolute atomic E-state index is 0.0554. The Kier molecular flexibility index (Phi) is 12.9. The van der Waals surface area contributed by atoms with Gasteiger partial charge in [-0.1, -0.05) is 68.6 Å². The predicted octanol–water partition coefficient (Wildman–Crippen LogP) is 5.83. The summed E-state index contributed by atoms with van der Waals surface area (Å²) in [6.07, 6.45) is 4.53. The van der Waals surface area contributed by atoms with Crippen LogP contribution in [-0.4, -0.2) is 50.5 Å². The summed E-state index contributed by atoms with van der Waals surface area (Å²) in [5.41, 5.74) is 2.23. The van der Waals surface area contributed by atoms with Crippen molar-refractivity contribution in [3.05, 3.63) is 63.6 Å². The average Bonchev–Trinajstić information content (AvgIpc) is 2.87. The molecule has 0 saturated heterocycles. The van der Waals surface area contributed by atoms with Gasteiger partial charge in [0.15, 0.2) is 0 Å². The van der Waals surface area contributed by atoms with Crippen molar-refractivity contribution >= 4 is 50.7 Å². The van der Waals surface area contributed by atoms with E-state index in [1.54, 1.807) is 30.3 Å². The fraction of sp³-hybridized carbons (Fsp3) is 0.500. The summed E-state index contributed by atoms with van der Waals surface area (Å²) in [7, 11) is -3.55. The summed E-state index contributed by atoms with van der Waals surface area (Å²) in [6.45, 7) is 6.66. The maximum atomic E-state index is 13.5. The van der Waals surface area contributed by atoms with Crippen molar-refractivity contribution < 1.29 is 18.0 Å². The van der Waals surface area contributed by atoms with Crippen LogP contribution in [0, 0.1) is 0 Å². The van der Waals surface area contributed by atoms with Gasteiger partial charge in [0.2, 0.25) is 21.8 Å². The molecule has 38 heavy (non-hydrogen) atoms. The van der Waals surface area contributed by atoms with Crippen LogP contribution in [0.1, 0.15) is 64.0 Å². The Morgan fingerprint density at radius 1 is 0.974 bits per heavy atom. The Labute approximate surface area is 237 Å². The van der Waals surface area contributed by atoms with Crippen LogP contribution in [0.2, 0.25) is 10.0 Å². The molecular weight excluding hydrogens is 545 g/mol. The van der Waals surface area contributed by atoms with Gasteiger partial charge in [-0.3, -0.25) is 13.9 Å². The SMILES string of the molecule is CCCCNC(=O)[C@@H](CC)N(Cc1c(Cl)cccc1Cl)C(=O)CCCN(c1ccc(CC)cc1)S(C)(=O)=O. The first-order valence-corrected chi connectivity index (χ1v) is 15.7. The summed E-state index contributed by atoms with van der Waals surface area (Å²) in [4.78, 5) is 28.1. The first-order chi connectivity index (χ1) is 18.0. The van der Waals surface area contributed by atoms with Crippen molar-refractivity contribution in [3.8, 4) is 0 Å². The Morgan fingerprint density at radius 3 is 2.13 bits per heavy atom. The molecule has 0 bridgehead atoms. The van der Waals surface area contributed by atoms with Gasteiger partial charge in [0, 0.05) is 41.7 Å². The van der Waals surface area contributed by atoms with Crippen LogP contribution in [-0.2, 0) is 32.6 Å². The molecule has 0 aliphatic heterocycles. The van der Waals surface area contributed by atoms with Gasteiger partial charge in [0.1, 0.15) is 6.04 Å². The number of hydrogen-bond donors (Lipinski definition) is 1. The van der Waals surface area contributed by atoms with Crippen LogP contribution >= 0.6 is 23.2 Å². The smallest absolute Gasteiger partial charge is 0.242 e. The lowest BCUT2D eigenvalue weighted by atomic mass is 10.1. The van der Waals surface area contributed by atoms with E-state index in [1.807, 2.05) is 32.9 Å². The third kappa shape index (κ3) is 9.17. The van der Waals surface area contributed by atoms with Crippen LogP contribution in [0.4, 0.5) is 5.69 Å². The number of aryl methyl sites for hydroxylation is 1. The van der Waals surface area contributed by atoms with Gasteiger partial charge in [-0.25, -0.2) is 8.42 Å². The van der Waals surface area contributed by atoms with Gasteiger partial charge in [-0.2, -0.15) is 0 Å². The van der Waals surface area contributed by atoms with Crippen molar-refractivity contribution in [1.29, 1.82) is 0 Å². The van der Waals surface area contributed by atoms with Gasteiger partial charge in [-0.05, 0) is 55.5 Å². The summed E-state index contributed by atoms with van der Waals surface area (Å²) in [5, 5.41) is 3.75. The average molecular weight is 585 g/mol. The molecule has 210 valence electrons. The number of nitrogens with one attached hydrogen (secondary N) is 1. The molecule has 7 nitrogen and oxygen atoms in total. The number of amides is 2. The molecule has 10 heteroatoms. The third-order valence-corrected chi connectivity index (χ3v) is 8.29. The molecule has 0 fully saturated rings. The van der Waals surface area contributed by atoms with Crippen molar-refractivity contribution in [2.45, 2.75) is 71.9 Å². The molecule has 2 rings (SSSR count). The number of hydrogen-bond acceptors (Lipinski definition) is 4. The van der Waals surface area contributed by atoms with E-state index in [4.69, 9.17) is 23.2 Å². The minimum atomic E-state index is -3.55. The first-order valence-electron chi connectivity index (χ1n) is 13.1. The predicted molar refractivity (Wildman–Crippen MR) is 156 cm³/mol. The van der Waals surface area contributed by atoms with Crippen molar-refractivity contribution in [3.63, 3.8) is 0 Å². The molecule has 1 atom stereocenters. The first kappa shape index (κ1) is 31.9. The van der Waals surface area contributed by atoms with E-state index < -0.39 is 16.1 Å². The molecule has 0 unspecified atom stereocenters. The Balaban J connectivity index is 2.24. The molecular formula is C28H39Cl2N3O4S. The van der Waals surface area contributed by atoms with Gasteiger partial charge in [-0.15, -0.1) is 0 Å². The highest BCUT2D eigenvalue weighted by Gasteiger charge is 2.29. The molecule has 2 amide bonds. The van der Waals surface area contributed by atoms with E-state index in [-0.39, 0.29) is 37.7 Å². The van der Waals surface area contributed by atoms with Gasteiger partial charge < -0.3 is 10.2 Å². The fourth-order valence-corrected chi connectivity index (χ4v) is 5.66. The highest BCUT2D eigenvalue weighted by atomic mass is 35.5. The van der Waals surface area contributed by atoms with Crippen LogP contribution in [0.3, 0.4) is 0 Å². The van der Waals surface area contributed by atoms with Crippen LogP contribution < -0.4 is 9.62 Å². The molecule has 0 aliphatic rings. The van der Waals surface area contributed by atoms with E-state index in [0.717, 1.165) is 31.1 Å². The number of nitrogens with zero attached hydrogens (tertiary/aromatic N) is 2. The number of sulfonamides is 1. The number of halogens is 2. The largest absolute Gasteiger partial charge is 0.354 e. The molecule has 0 radical (unpaired) electrons. The Bertz CT molecular complexity index is 1150. The van der Waals surface area contributed by atoms with Crippen molar-refractivity contribution in [1.82, 2.24) is 10.2 Å². The second-order valence-electron chi connectivity index (χ2n) is 9.25. The maximum absolute atomic E-state index is 13.5. The molecule has 0 heterocycles. The lowest BCUT2D eigenvalue weighted by Gasteiger charge is -2.31. The molecule has 2 aromatic carbocycles. The minimum Gasteiger partial charge on any atom is -0.354 e. The molecule has 1 N–H and O–H groups in total. The normalized spacial score (nSPS) is 12.2. The molecule has 2 aromatic rings. The summed E-state index contributed by atoms with van der Waals surface area (Å²) < 4.78 is 26.4. The van der Waals surface area contributed by atoms with Gasteiger partial charge in [0.25, 0.3) is 0 Å². The highest BCUT2D eigenvalue weighted by Crippen LogP contribution is 2.27.